The molecule has 0 unspecified atom stereocenters. The van der Waals surface area contributed by atoms with Crippen LogP contribution in [0.4, 0.5) is 5.69 Å². The topological polar surface area (TPSA) is 40.5 Å². The fourth-order valence-electron chi connectivity index (χ4n) is 2.25. The minimum Gasteiger partial charge on any atom is -0.479 e. The number of carboxylic acids is 1. The van der Waals surface area contributed by atoms with E-state index in [4.69, 9.17) is 0 Å². The summed E-state index contributed by atoms with van der Waals surface area (Å²) in [6.45, 7) is 5.85. The molecule has 0 saturated carbocycles. The molecular weight excluding hydrogens is 214 g/mol. The molecule has 17 heavy (non-hydrogen) atoms. The van der Waals surface area contributed by atoms with Crippen molar-refractivity contribution in [2.75, 3.05) is 11.9 Å². The van der Waals surface area contributed by atoms with Crippen LogP contribution >= 0.6 is 0 Å². The molecule has 94 valence electrons. The van der Waals surface area contributed by atoms with Crippen molar-refractivity contribution in [1.29, 1.82) is 0 Å². The monoisotopic (exact) mass is 235 g/mol. The van der Waals surface area contributed by atoms with E-state index in [0.29, 0.717) is 12.8 Å². The lowest BCUT2D eigenvalue weighted by molar-refractivity contribution is -0.143. The lowest BCUT2D eigenvalue weighted by Gasteiger charge is -2.38. The molecule has 1 N–H and O–H groups in total. The van der Waals surface area contributed by atoms with Crippen molar-refractivity contribution in [3.05, 3.63) is 29.8 Å². The van der Waals surface area contributed by atoms with Gasteiger partial charge >= 0.3 is 5.97 Å². The number of carbonyl (C=O) groups is 1. The number of rotatable bonds is 5. The zero-order valence-corrected chi connectivity index (χ0v) is 11.0. The Kier molecular flexibility index (Phi) is 4.16. The van der Waals surface area contributed by atoms with Gasteiger partial charge < -0.3 is 10.0 Å². The number of hydrogen-bond donors (Lipinski definition) is 1. The fourth-order valence-corrected chi connectivity index (χ4v) is 2.25. The van der Waals surface area contributed by atoms with E-state index < -0.39 is 11.5 Å². The Balaban J connectivity index is 3.16. The molecule has 0 aliphatic rings. The molecule has 0 radical (unpaired) electrons. The standard InChI is InChI=1S/C14H21NO2/c1-5-14(6-2,13(16)17)15(4)12-9-7-8-11(3)10-12/h7-10H,5-6H2,1-4H3,(H,16,17). The van der Waals surface area contributed by atoms with Crippen molar-refractivity contribution in [3.8, 4) is 0 Å². The smallest absolute Gasteiger partial charge is 0.329 e. The van der Waals surface area contributed by atoms with Crippen LogP contribution in [-0.2, 0) is 4.79 Å². The molecule has 0 amide bonds. The van der Waals surface area contributed by atoms with Gasteiger partial charge in [-0.15, -0.1) is 0 Å². The van der Waals surface area contributed by atoms with Gasteiger partial charge in [-0.3, -0.25) is 0 Å². The number of aliphatic carboxylic acids is 1. The molecule has 1 rings (SSSR count). The maximum atomic E-state index is 11.5. The summed E-state index contributed by atoms with van der Waals surface area (Å²) in [7, 11) is 1.86. The van der Waals surface area contributed by atoms with Gasteiger partial charge in [0.2, 0.25) is 0 Å². The highest BCUT2D eigenvalue weighted by Crippen LogP contribution is 2.29. The first-order valence-corrected chi connectivity index (χ1v) is 6.01. The number of anilines is 1. The molecule has 0 aliphatic heterocycles. The van der Waals surface area contributed by atoms with Crippen molar-refractivity contribution < 1.29 is 9.90 Å². The Morgan fingerprint density at radius 2 is 1.94 bits per heavy atom. The molecule has 3 heteroatoms. The maximum Gasteiger partial charge on any atom is 0.329 e. The summed E-state index contributed by atoms with van der Waals surface area (Å²) in [4.78, 5) is 13.4. The van der Waals surface area contributed by atoms with Gasteiger partial charge in [0, 0.05) is 12.7 Å². The molecule has 0 saturated heterocycles. The lowest BCUT2D eigenvalue weighted by atomic mass is 9.90. The predicted octanol–water partition coefficient (Wildman–Crippen LogP) is 3.07. The lowest BCUT2D eigenvalue weighted by Crippen LogP contribution is -2.52. The number of likely N-dealkylation sites (N-methyl/N-ethyl adjacent to an activating group) is 1. The largest absolute Gasteiger partial charge is 0.479 e. The number of nitrogens with zero attached hydrogens (tertiary/aromatic N) is 1. The van der Waals surface area contributed by atoms with Crippen LogP contribution in [0.15, 0.2) is 24.3 Å². The third-order valence-corrected chi connectivity index (χ3v) is 3.60. The van der Waals surface area contributed by atoms with Gasteiger partial charge in [-0.05, 0) is 37.5 Å². The third kappa shape index (κ3) is 2.43. The highest BCUT2D eigenvalue weighted by atomic mass is 16.4. The van der Waals surface area contributed by atoms with Gasteiger partial charge in [0.25, 0.3) is 0 Å². The fraction of sp³-hybridized carbons (Fsp3) is 0.500. The molecule has 0 spiro atoms. The first-order valence-electron chi connectivity index (χ1n) is 6.01. The second-order valence-electron chi connectivity index (χ2n) is 4.44. The summed E-state index contributed by atoms with van der Waals surface area (Å²) < 4.78 is 0. The second kappa shape index (κ2) is 5.21. The van der Waals surface area contributed by atoms with Gasteiger partial charge in [-0.1, -0.05) is 26.0 Å². The van der Waals surface area contributed by atoms with Gasteiger partial charge in [-0.2, -0.15) is 0 Å². The summed E-state index contributed by atoms with van der Waals surface area (Å²) >= 11 is 0. The molecule has 0 fully saturated rings. The third-order valence-electron chi connectivity index (χ3n) is 3.60. The first-order chi connectivity index (χ1) is 7.97. The molecule has 0 bridgehead atoms. The summed E-state index contributed by atoms with van der Waals surface area (Å²) in [5, 5.41) is 9.48. The normalized spacial score (nSPS) is 11.3. The van der Waals surface area contributed by atoms with E-state index in [2.05, 4.69) is 0 Å². The molecule has 0 aromatic heterocycles. The van der Waals surface area contributed by atoms with E-state index in [0.717, 1.165) is 11.3 Å². The zero-order chi connectivity index (χ0) is 13.1. The zero-order valence-electron chi connectivity index (χ0n) is 11.0. The van der Waals surface area contributed by atoms with E-state index >= 15 is 0 Å². The van der Waals surface area contributed by atoms with Crippen LogP contribution in [0, 0.1) is 6.92 Å². The Morgan fingerprint density at radius 3 is 2.35 bits per heavy atom. The van der Waals surface area contributed by atoms with E-state index in [-0.39, 0.29) is 0 Å². The summed E-state index contributed by atoms with van der Waals surface area (Å²) in [5.74, 6) is -0.758. The summed E-state index contributed by atoms with van der Waals surface area (Å²) in [6.07, 6.45) is 1.17. The Morgan fingerprint density at radius 1 is 1.35 bits per heavy atom. The van der Waals surface area contributed by atoms with Crippen LogP contribution in [0.25, 0.3) is 0 Å². The van der Waals surface area contributed by atoms with Crippen LogP contribution in [0.2, 0.25) is 0 Å². The minimum atomic E-state index is -0.812. The molecule has 1 aromatic carbocycles. The molecule has 1 aromatic rings. The van der Waals surface area contributed by atoms with E-state index in [1.165, 1.54) is 0 Å². The number of hydrogen-bond acceptors (Lipinski definition) is 2. The van der Waals surface area contributed by atoms with E-state index in [1.807, 2.05) is 57.0 Å². The average Bonchev–Trinajstić information content (AvgIpc) is 2.30. The minimum absolute atomic E-state index is 0.587. The highest BCUT2D eigenvalue weighted by Gasteiger charge is 2.39. The molecular formula is C14H21NO2. The quantitative estimate of drug-likeness (QED) is 0.852. The van der Waals surface area contributed by atoms with Crippen molar-refractivity contribution >= 4 is 11.7 Å². The van der Waals surface area contributed by atoms with Gasteiger partial charge in [0.15, 0.2) is 0 Å². The van der Waals surface area contributed by atoms with Crippen molar-refractivity contribution in [2.24, 2.45) is 0 Å². The SMILES string of the molecule is CCC(CC)(C(=O)O)N(C)c1cccc(C)c1. The predicted molar refractivity (Wildman–Crippen MR) is 70.5 cm³/mol. The number of aryl methyl sites for hydroxylation is 1. The van der Waals surface area contributed by atoms with Crippen molar-refractivity contribution in [2.45, 2.75) is 39.2 Å². The van der Waals surface area contributed by atoms with Crippen molar-refractivity contribution in [3.63, 3.8) is 0 Å². The van der Waals surface area contributed by atoms with Crippen LogP contribution < -0.4 is 4.90 Å². The second-order valence-corrected chi connectivity index (χ2v) is 4.44. The van der Waals surface area contributed by atoms with Crippen LogP contribution in [0.5, 0.6) is 0 Å². The first kappa shape index (κ1) is 13.6. The van der Waals surface area contributed by atoms with Gasteiger partial charge in [-0.25, -0.2) is 4.79 Å². The summed E-state index contributed by atoms with van der Waals surface area (Å²) in [6, 6.07) is 7.94. The molecule has 3 nitrogen and oxygen atoms in total. The van der Waals surface area contributed by atoms with Crippen LogP contribution in [0.3, 0.4) is 0 Å². The van der Waals surface area contributed by atoms with E-state index in [9.17, 15) is 9.90 Å². The maximum absolute atomic E-state index is 11.5. The average molecular weight is 235 g/mol. The van der Waals surface area contributed by atoms with Crippen LogP contribution in [0.1, 0.15) is 32.3 Å². The van der Waals surface area contributed by atoms with E-state index in [1.54, 1.807) is 0 Å². The molecule has 0 aliphatic carbocycles. The van der Waals surface area contributed by atoms with Crippen LogP contribution in [-0.4, -0.2) is 23.7 Å². The Hall–Kier alpha value is -1.51. The number of benzene rings is 1. The van der Waals surface area contributed by atoms with Crippen molar-refractivity contribution in [1.82, 2.24) is 0 Å². The van der Waals surface area contributed by atoms with Gasteiger partial charge in [0.05, 0.1) is 0 Å². The van der Waals surface area contributed by atoms with Gasteiger partial charge in [0.1, 0.15) is 5.54 Å². The summed E-state index contributed by atoms with van der Waals surface area (Å²) in [5.41, 5.74) is 1.28. The Bertz CT molecular complexity index is 397. The highest BCUT2D eigenvalue weighted by molar-refractivity contribution is 5.83. The molecule has 0 heterocycles. The Labute approximate surface area is 103 Å². The number of carboxylic acid groups (broad SMARTS) is 1. The molecule has 0 atom stereocenters.